The first-order valence-electron chi connectivity index (χ1n) is 8.56. The highest BCUT2D eigenvalue weighted by Crippen LogP contribution is 2.32. The SMILES string of the molecule is O=c1[nH]ncc(-n2cc3ccc(OC4CCNCC4)cc3c2)c1C(F)(F)F. The Morgan fingerprint density at radius 3 is 2.63 bits per heavy atom. The first kappa shape index (κ1) is 17.6. The fraction of sp³-hybridized carbons (Fsp3) is 0.333. The number of rotatable bonds is 3. The Labute approximate surface area is 152 Å². The van der Waals surface area contributed by atoms with Crippen molar-refractivity contribution in [2.24, 2.45) is 0 Å². The number of ether oxygens (including phenoxy) is 1. The molecule has 3 heterocycles. The van der Waals surface area contributed by atoms with E-state index in [1.165, 1.54) is 17.0 Å². The van der Waals surface area contributed by atoms with Gasteiger partial charge in [0.05, 0.1) is 11.9 Å². The first-order valence-corrected chi connectivity index (χ1v) is 8.56. The third kappa shape index (κ3) is 3.55. The third-order valence-corrected chi connectivity index (χ3v) is 4.60. The molecule has 1 fully saturated rings. The average molecular weight is 378 g/mol. The topological polar surface area (TPSA) is 71.9 Å². The number of alkyl halides is 3. The largest absolute Gasteiger partial charge is 0.490 e. The normalized spacial score (nSPS) is 16.0. The number of halogens is 3. The molecule has 0 amide bonds. The van der Waals surface area contributed by atoms with E-state index in [9.17, 15) is 18.0 Å². The van der Waals surface area contributed by atoms with Crippen molar-refractivity contribution in [3.63, 3.8) is 0 Å². The molecule has 1 saturated heterocycles. The fourth-order valence-corrected chi connectivity index (χ4v) is 3.30. The van der Waals surface area contributed by atoms with Crippen LogP contribution in [0.25, 0.3) is 16.5 Å². The molecule has 27 heavy (non-hydrogen) atoms. The van der Waals surface area contributed by atoms with Crippen LogP contribution in [-0.2, 0) is 6.18 Å². The Morgan fingerprint density at radius 2 is 1.89 bits per heavy atom. The molecule has 0 radical (unpaired) electrons. The van der Waals surface area contributed by atoms with E-state index in [0.717, 1.165) is 42.9 Å². The third-order valence-electron chi connectivity index (χ3n) is 4.60. The van der Waals surface area contributed by atoms with Gasteiger partial charge in [-0.05, 0) is 44.1 Å². The van der Waals surface area contributed by atoms with Crippen molar-refractivity contribution in [1.29, 1.82) is 0 Å². The summed E-state index contributed by atoms with van der Waals surface area (Å²) in [5, 5.41) is 10.1. The van der Waals surface area contributed by atoms with E-state index >= 15 is 0 Å². The number of nitrogens with zero attached hydrogens (tertiary/aromatic N) is 2. The minimum atomic E-state index is -4.79. The Kier molecular flexibility index (Phi) is 4.39. The summed E-state index contributed by atoms with van der Waals surface area (Å²) in [6.45, 7) is 1.80. The smallest absolute Gasteiger partial charge is 0.423 e. The molecule has 0 spiro atoms. The number of aromatic nitrogens is 3. The molecule has 9 heteroatoms. The van der Waals surface area contributed by atoms with Crippen molar-refractivity contribution in [2.75, 3.05) is 13.1 Å². The van der Waals surface area contributed by atoms with Gasteiger partial charge in [0.1, 0.15) is 17.4 Å². The van der Waals surface area contributed by atoms with Crippen LogP contribution in [0.3, 0.4) is 0 Å². The lowest BCUT2D eigenvalue weighted by atomic mass is 10.1. The second-order valence-corrected chi connectivity index (χ2v) is 6.48. The predicted molar refractivity (Wildman–Crippen MR) is 93.2 cm³/mol. The number of aromatic amines is 1. The zero-order chi connectivity index (χ0) is 19.0. The molecule has 142 valence electrons. The van der Waals surface area contributed by atoms with E-state index in [-0.39, 0.29) is 11.8 Å². The lowest BCUT2D eigenvalue weighted by Crippen LogP contribution is -2.34. The summed E-state index contributed by atoms with van der Waals surface area (Å²) >= 11 is 0. The van der Waals surface area contributed by atoms with Gasteiger partial charge in [0.2, 0.25) is 0 Å². The van der Waals surface area contributed by atoms with E-state index in [1.54, 1.807) is 18.2 Å². The lowest BCUT2D eigenvalue weighted by molar-refractivity contribution is -0.138. The molecule has 3 aromatic rings. The molecule has 2 aromatic heterocycles. The van der Waals surface area contributed by atoms with Crippen LogP contribution in [-0.4, -0.2) is 34.0 Å². The quantitative estimate of drug-likeness (QED) is 0.735. The number of nitrogens with one attached hydrogen (secondary N) is 2. The molecule has 1 aromatic carbocycles. The number of hydrogen-bond acceptors (Lipinski definition) is 4. The molecule has 1 aliphatic rings. The molecule has 0 saturated carbocycles. The lowest BCUT2D eigenvalue weighted by Gasteiger charge is -2.23. The summed E-state index contributed by atoms with van der Waals surface area (Å²) in [4.78, 5) is 11.7. The molecule has 2 N–H and O–H groups in total. The summed E-state index contributed by atoms with van der Waals surface area (Å²) < 4.78 is 47.1. The second-order valence-electron chi connectivity index (χ2n) is 6.48. The van der Waals surface area contributed by atoms with Gasteiger partial charge in [-0.2, -0.15) is 18.3 Å². The van der Waals surface area contributed by atoms with Crippen molar-refractivity contribution in [3.05, 3.63) is 52.7 Å². The van der Waals surface area contributed by atoms with Crippen molar-refractivity contribution in [2.45, 2.75) is 25.1 Å². The number of fused-ring (bicyclic) bond motifs is 1. The van der Waals surface area contributed by atoms with Crippen molar-refractivity contribution >= 4 is 10.8 Å². The maximum absolute atomic E-state index is 13.3. The van der Waals surface area contributed by atoms with Crippen LogP contribution in [0.1, 0.15) is 18.4 Å². The summed E-state index contributed by atoms with van der Waals surface area (Å²) in [5.41, 5.74) is -2.86. The number of benzene rings is 1. The Morgan fingerprint density at radius 1 is 1.15 bits per heavy atom. The van der Waals surface area contributed by atoms with Gasteiger partial charge in [0, 0.05) is 23.2 Å². The van der Waals surface area contributed by atoms with Crippen LogP contribution in [0.4, 0.5) is 13.2 Å². The Hall–Kier alpha value is -2.81. The Balaban J connectivity index is 1.70. The van der Waals surface area contributed by atoms with Crippen LogP contribution in [0.5, 0.6) is 5.75 Å². The maximum Gasteiger partial charge on any atom is 0.423 e. The highest BCUT2D eigenvalue weighted by atomic mass is 19.4. The van der Waals surface area contributed by atoms with Gasteiger partial charge in [0.15, 0.2) is 0 Å². The summed E-state index contributed by atoms with van der Waals surface area (Å²) in [5.74, 6) is 0.673. The Bertz CT molecular complexity index is 1020. The minimum Gasteiger partial charge on any atom is -0.490 e. The highest BCUT2D eigenvalue weighted by Gasteiger charge is 2.37. The second kappa shape index (κ2) is 6.73. The van der Waals surface area contributed by atoms with Gasteiger partial charge in [-0.1, -0.05) is 0 Å². The van der Waals surface area contributed by atoms with Crippen LogP contribution in [0.15, 0.2) is 41.6 Å². The molecule has 4 rings (SSSR count). The van der Waals surface area contributed by atoms with Gasteiger partial charge >= 0.3 is 6.18 Å². The van der Waals surface area contributed by atoms with Crippen LogP contribution < -0.4 is 15.6 Å². The summed E-state index contributed by atoms with van der Waals surface area (Å²) in [6, 6.07) is 5.38. The van der Waals surface area contributed by atoms with Crippen LogP contribution >= 0.6 is 0 Å². The molecule has 0 aliphatic carbocycles. The monoisotopic (exact) mass is 378 g/mol. The van der Waals surface area contributed by atoms with Crippen molar-refractivity contribution in [1.82, 2.24) is 20.1 Å². The van der Waals surface area contributed by atoms with Crippen molar-refractivity contribution in [3.8, 4) is 11.4 Å². The number of H-pyrrole nitrogens is 1. The molecular formula is C18H17F3N4O2. The molecule has 0 unspecified atom stereocenters. The van der Waals surface area contributed by atoms with Gasteiger partial charge in [-0.3, -0.25) is 4.79 Å². The standard InChI is InChI=1S/C18H17F3N4O2/c19-18(20,21)16-15(8-23-24-17(16)26)25-9-11-1-2-14(7-12(11)10-25)27-13-3-5-22-6-4-13/h1-2,7-10,13,22H,3-6H2,(H,24,26). The minimum absolute atomic E-state index is 0.125. The number of piperidine rings is 1. The van der Waals surface area contributed by atoms with E-state index in [2.05, 4.69) is 10.4 Å². The molecule has 6 nitrogen and oxygen atoms in total. The van der Waals surface area contributed by atoms with Gasteiger partial charge in [0.25, 0.3) is 5.56 Å². The van der Waals surface area contributed by atoms with Crippen LogP contribution in [0.2, 0.25) is 0 Å². The molecule has 0 atom stereocenters. The maximum atomic E-state index is 13.3. The average Bonchev–Trinajstić information content (AvgIpc) is 3.04. The van der Waals surface area contributed by atoms with Gasteiger partial charge in [-0.25, -0.2) is 5.10 Å². The van der Waals surface area contributed by atoms with Crippen LogP contribution in [0, 0.1) is 0 Å². The zero-order valence-corrected chi connectivity index (χ0v) is 14.2. The summed E-state index contributed by atoms with van der Waals surface area (Å²) in [6.07, 6.45) is 1.23. The highest BCUT2D eigenvalue weighted by molar-refractivity contribution is 5.84. The molecular weight excluding hydrogens is 361 g/mol. The summed E-state index contributed by atoms with van der Waals surface area (Å²) in [7, 11) is 0. The fourth-order valence-electron chi connectivity index (χ4n) is 3.30. The van der Waals surface area contributed by atoms with E-state index in [4.69, 9.17) is 4.74 Å². The van der Waals surface area contributed by atoms with E-state index in [0.29, 0.717) is 5.75 Å². The van der Waals surface area contributed by atoms with Gasteiger partial charge in [-0.15, -0.1) is 0 Å². The van der Waals surface area contributed by atoms with Crippen molar-refractivity contribution < 1.29 is 17.9 Å². The molecule has 1 aliphatic heterocycles. The van der Waals surface area contributed by atoms with E-state index in [1.807, 2.05) is 5.10 Å². The van der Waals surface area contributed by atoms with Gasteiger partial charge < -0.3 is 14.6 Å². The van der Waals surface area contributed by atoms with E-state index < -0.39 is 17.3 Å². The number of hydrogen-bond donors (Lipinski definition) is 2. The first-order chi connectivity index (χ1) is 12.9. The zero-order valence-electron chi connectivity index (χ0n) is 14.2. The molecule has 0 bridgehead atoms. The predicted octanol–water partition coefficient (Wildman–Crippen LogP) is 2.86.